The van der Waals surface area contributed by atoms with E-state index in [1.807, 2.05) is 0 Å². The molecule has 0 amide bonds. The van der Waals surface area contributed by atoms with Crippen molar-refractivity contribution < 1.29 is 5.21 Å². The summed E-state index contributed by atoms with van der Waals surface area (Å²) < 4.78 is 1.36. The molecule has 0 aliphatic heterocycles. The van der Waals surface area contributed by atoms with Gasteiger partial charge in [-0.3, -0.25) is 5.21 Å². The monoisotopic (exact) mass is 343 g/mol. The normalized spacial score (nSPS) is 10.5. The Morgan fingerprint density at radius 1 is 1.25 bits per heavy atom. The SMILES string of the molecule is ON(NCI)NCI. The van der Waals surface area contributed by atoms with Crippen molar-refractivity contribution in [3.63, 3.8) is 0 Å². The molecule has 0 aliphatic rings. The first-order valence-corrected chi connectivity index (χ1v) is 4.94. The molecule has 0 aromatic rings. The lowest BCUT2D eigenvalue weighted by atomic mass is 11.4. The average molecular weight is 343 g/mol. The van der Waals surface area contributed by atoms with Crippen molar-refractivity contribution in [3.05, 3.63) is 0 Å². The molecule has 6 heteroatoms. The molecule has 0 unspecified atom stereocenters. The highest BCUT2D eigenvalue weighted by Crippen LogP contribution is 1.77. The topological polar surface area (TPSA) is 47.5 Å². The van der Waals surface area contributed by atoms with Crippen molar-refractivity contribution in [3.8, 4) is 0 Å². The van der Waals surface area contributed by atoms with Crippen LogP contribution in [-0.4, -0.2) is 19.6 Å². The molecule has 50 valence electrons. The third-order valence-electron chi connectivity index (χ3n) is 0.419. The van der Waals surface area contributed by atoms with E-state index in [2.05, 4.69) is 56.0 Å². The Morgan fingerprint density at radius 2 is 1.62 bits per heavy atom. The first-order chi connectivity index (χ1) is 3.81. The Labute approximate surface area is 75.2 Å². The predicted octanol–water partition coefficient (Wildman–Crippen LogP) is 0.472. The van der Waals surface area contributed by atoms with Crippen LogP contribution in [0, 0.1) is 0 Å². The van der Waals surface area contributed by atoms with Gasteiger partial charge in [-0.15, -0.1) is 0 Å². The van der Waals surface area contributed by atoms with Gasteiger partial charge in [0.05, 0.1) is 9.10 Å². The van der Waals surface area contributed by atoms with E-state index in [0.717, 1.165) is 5.28 Å². The summed E-state index contributed by atoms with van der Waals surface area (Å²) in [7, 11) is 0. The molecule has 4 nitrogen and oxygen atoms in total. The van der Waals surface area contributed by atoms with Crippen LogP contribution in [0.5, 0.6) is 0 Å². The van der Waals surface area contributed by atoms with Gasteiger partial charge in [-0.05, 0) is 0 Å². The summed E-state index contributed by atoms with van der Waals surface area (Å²) in [6, 6.07) is 0. The van der Waals surface area contributed by atoms with Crippen LogP contribution < -0.4 is 10.9 Å². The van der Waals surface area contributed by atoms with Crippen molar-refractivity contribution in [1.29, 1.82) is 0 Å². The lowest BCUT2D eigenvalue weighted by Gasteiger charge is -2.12. The highest BCUT2D eigenvalue weighted by Gasteiger charge is 1.90. The number of hydrogen-bond donors (Lipinski definition) is 3. The van der Waals surface area contributed by atoms with Gasteiger partial charge in [0.2, 0.25) is 0 Å². The molecule has 0 fully saturated rings. The largest absolute Gasteiger partial charge is 0.285 e. The first-order valence-electron chi connectivity index (χ1n) is 1.89. The van der Waals surface area contributed by atoms with E-state index in [4.69, 9.17) is 5.21 Å². The van der Waals surface area contributed by atoms with Crippen molar-refractivity contribution in [1.82, 2.24) is 16.1 Å². The fraction of sp³-hybridized carbons (Fsp3) is 1.00. The second kappa shape index (κ2) is 6.42. The second-order valence-electron chi connectivity index (χ2n) is 0.895. The van der Waals surface area contributed by atoms with Gasteiger partial charge >= 0.3 is 0 Å². The van der Waals surface area contributed by atoms with E-state index >= 15 is 0 Å². The van der Waals surface area contributed by atoms with Gasteiger partial charge in [0.15, 0.2) is 0 Å². The second-order valence-corrected chi connectivity index (χ2v) is 2.42. The molecule has 8 heavy (non-hydrogen) atoms. The van der Waals surface area contributed by atoms with Gasteiger partial charge in [0.1, 0.15) is 0 Å². The van der Waals surface area contributed by atoms with Gasteiger partial charge in [0, 0.05) is 0 Å². The Balaban J connectivity index is 2.92. The fourth-order valence-electron chi connectivity index (χ4n) is 0.169. The summed E-state index contributed by atoms with van der Waals surface area (Å²) in [5, 5.41) is 9.50. The molecule has 0 aromatic heterocycles. The summed E-state index contributed by atoms with van der Waals surface area (Å²) in [5.41, 5.74) is 5.21. The molecule has 0 spiro atoms. The molecule has 0 atom stereocenters. The quantitative estimate of drug-likeness (QED) is 0.301. The first kappa shape index (κ1) is 9.30. The van der Waals surface area contributed by atoms with Crippen molar-refractivity contribution in [2.45, 2.75) is 0 Å². The van der Waals surface area contributed by atoms with Crippen molar-refractivity contribution >= 4 is 45.2 Å². The fourth-order valence-corrected chi connectivity index (χ4v) is 0.815. The summed E-state index contributed by atoms with van der Waals surface area (Å²) in [5.74, 6) is 0. The number of alkyl halides is 2. The van der Waals surface area contributed by atoms with Gasteiger partial charge in [-0.1, -0.05) is 50.5 Å². The average Bonchev–Trinajstić information content (AvgIpc) is 1.68. The summed E-state index contributed by atoms with van der Waals surface area (Å²) in [6.45, 7) is 0. The van der Waals surface area contributed by atoms with Crippen LogP contribution in [0.1, 0.15) is 0 Å². The minimum atomic E-state index is 0.678. The van der Waals surface area contributed by atoms with Crippen LogP contribution in [0.15, 0.2) is 0 Å². The highest BCUT2D eigenvalue weighted by atomic mass is 127. The van der Waals surface area contributed by atoms with E-state index in [-0.39, 0.29) is 0 Å². The van der Waals surface area contributed by atoms with Gasteiger partial charge < -0.3 is 0 Å². The number of nitrogens with zero attached hydrogens (tertiary/aromatic N) is 1. The zero-order valence-electron chi connectivity index (χ0n) is 4.06. The molecule has 0 bridgehead atoms. The van der Waals surface area contributed by atoms with E-state index in [1.54, 1.807) is 0 Å². The molecule has 3 N–H and O–H groups in total. The Bertz CT molecular complexity index is 48.5. The molecule has 0 aromatic carbocycles. The number of halogens is 2. The van der Waals surface area contributed by atoms with Gasteiger partial charge in [-0.25, -0.2) is 10.9 Å². The third kappa shape index (κ3) is 5.44. The molecule has 0 rings (SSSR count). The van der Waals surface area contributed by atoms with E-state index < -0.39 is 0 Å². The molecule has 0 saturated heterocycles. The molecular formula is C2H7I2N3O. The summed E-state index contributed by atoms with van der Waals surface area (Å²) in [6.07, 6.45) is 0. The molecule has 0 saturated carbocycles. The van der Waals surface area contributed by atoms with Gasteiger partial charge in [-0.2, -0.15) is 0 Å². The number of hydrazine groups is 2. The lowest BCUT2D eigenvalue weighted by Crippen LogP contribution is -2.44. The lowest BCUT2D eigenvalue weighted by molar-refractivity contribution is -0.170. The van der Waals surface area contributed by atoms with Crippen LogP contribution in [0.25, 0.3) is 0 Å². The third-order valence-corrected chi connectivity index (χ3v) is 1.10. The predicted molar refractivity (Wildman–Crippen MR) is 47.7 cm³/mol. The number of nitrogens with one attached hydrogen (secondary N) is 2. The Kier molecular flexibility index (Phi) is 7.46. The van der Waals surface area contributed by atoms with Crippen molar-refractivity contribution in [2.24, 2.45) is 0 Å². The maximum absolute atomic E-state index is 8.65. The summed E-state index contributed by atoms with van der Waals surface area (Å²) in [4.78, 5) is 0. The Hall–Kier alpha value is 1.30. The zero-order chi connectivity index (χ0) is 6.41. The standard InChI is InChI=1S/C2H7I2N3O/c3-1-5-7(8)6-2-4/h5-6,8H,1-2H2. The molecule has 0 radical (unpaired) electrons. The van der Waals surface area contributed by atoms with Crippen LogP contribution in [0.4, 0.5) is 0 Å². The van der Waals surface area contributed by atoms with Crippen LogP contribution >= 0.6 is 45.2 Å². The van der Waals surface area contributed by atoms with Crippen LogP contribution in [0.2, 0.25) is 0 Å². The number of rotatable bonds is 4. The molecule has 0 heterocycles. The van der Waals surface area contributed by atoms with E-state index in [9.17, 15) is 0 Å². The number of hydrogen-bond acceptors (Lipinski definition) is 4. The highest BCUT2D eigenvalue weighted by molar-refractivity contribution is 14.1. The maximum Gasteiger partial charge on any atom is 0.0657 e. The molecule has 0 aliphatic carbocycles. The maximum atomic E-state index is 8.65. The zero-order valence-corrected chi connectivity index (χ0v) is 8.38. The van der Waals surface area contributed by atoms with Crippen LogP contribution in [-0.2, 0) is 0 Å². The van der Waals surface area contributed by atoms with E-state index in [1.165, 1.54) is 0 Å². The van der Waals surface area contributed by atoms with Crippen LogP contribution in [0.3, 0.4) is 0 Å². The smallest absolute Gasteiger partial charge is 0.0657 e. The minimum absolute atomic E-state index is 0.678. The van der Waals surface area contributed by atoms with Crippen molar-refractivity contribution in [2.75, 3.05) is 9.10 Å². The van der Waals surface area contributed by atoms with Gasteiger partial charge in [0.25, 0.3) is 0 Å². The molecular weight excluding hydrogens is 336 g/mol. The Morgan fingerprint density at radius 3 is 1.88 bits per heavy atom. The van der Waals surface area contributed by atoms with E-state index in [0.29, 0.717) is 9.10 Å². The minimum Gasteiger partial charge on any atom is -0.285 e. The summed E-state index contributed by atoms with van der Waals surface area (Å²) >= 11 is 4.17.